The number of nitrogens with zero attached hydrogens (tertiary/aromatic N) is 2. The molecule has 8 heteroatoms. The van der Waals surface area contributed by atoms with Gasteiger partial charge >= 0.3 is 0 Å². The first-order chi connectivity index (χ1) is 11.0. The summed E-state index contributed by atoms with van der Waals surface area (Å²) in [6.07, 6.45) is 2.74. The molecule has 1 saturated heterocycles. The van der Waals surface area contributed by atoms with E-state index in [1.54, 1.807) is 23.0 Å². The lowest BCUT2D eigenvalue weighted by atomic mass is 9.95. The van der Waals surface area contributed by atoms with E-state index < -0.39 is 0 Å². The minimum absolute atomic E-state index is 0. The van der Waals surface area contributed by atoms with E-state index in [0.717, 1.165) is 19.5 Å². The molecular weight excluding hydrogens is 399 g/mol. The molecule has 1 aromatic carbocycles. The average molecular weight is 418 g/mol. The maximum atomic E-state index is 13.0. The molecule has 2 N–H and O–H groups in total. The quantitative estimate of drug-likeness (QED) is 0.807. The monoisotopic (exact) mass is 416 g/mol. The van der Waals surface area contributed by atoms with Crippen molar-refractivity contribution in [2.45, 2.75) is 19.4 Å². The Hall–Kier alpha value is -1.44. The first kappa shape index (κ1) is 18.9. The summed E-state index contributed by atoms with van der Waals surface area (Å²) >= 11 is 3.38. The highest BCUT2D eigenvalue weighted by Gasteiger charge is 2.25. The van der Waals surface area contributed by atoms with Crippen LogP contribution in [0.5, 0.6) is 0 Å². The Morgan fingerprint density at radius 1 is 1.42 bits per heavy atom. The van der Waals surface area contributed by atoms with Crippen molar-refractivity contribution in [1.29, 1.82) is 0 Å². The second-order valence-corrected chi connectivity index (χ2v) is 6.65. The van der Waals surface area contributed by atoms with Gasteiger partial charge in [-0.2, -0.15) is 5.10 Å². The lowest BCUT2D eigenvalue weighted by Crippen LogP contribution is -2.50. The summed E-state index contributed by atoms with van der Waals surface area (Å²) in [4.78, 5) is 12.5. The number of carbonyl (C=O) groups is 1. The molecule has 130 valence electrons. The molecule has 1 aromatic heterocycles. The lowest BCUT2D eigenvalue weighted by Gasteiger charge is -2.29. The smallest absolute Gasteiger partial charge is 0.273 e. The van der Waals surface area contributed by atoms with Gasteiger partial charge in [0.25, 0.3) is 5.91 Å². The zero-order valence-corrected chi connectivity index (χ0v) is 15.5. The van der Waals surface area contributed by atoms with E-state index in [0.29, 0.717) is 21.8 Å². The largest absolute Gasteiger partial charge is 0.346 e. The summed E-state index contributed by atoms with van der Waals surface area (Å²) in [6.45, 7) is 3.89. The van der Waals surface area contributed by atoms with Gasteiger partial charge in [0.2, 0.25) is 0 Å². The molecule has 0 saturated carbocycles. The molecule has 5 nitrogen and oxygen atoms in total. The third-order valence-electron chi connectivity index (χ3n) is 4.12. The molecule has 0 aliphatic carbocycles. The van der Waals surface area contributed by atoms with Crippen LogP contribution in [0, 0.1) is 11.7 Å². The predicted octanol–water partition coefficient (Wildman–Crippen LogP) is 2.92. The van der Waals surface area contributed by atoms with Gasteiger partial charge in [0.1, 0.15) is 5.82 Å². The van der Waals surface area contributed by atoms with Gasteiger partial charge < -0.3 is 10.6 Å². The van der Waals surface area contributed by atoms with Crippen LogP contribution in [0.1, 0.15) is 23.8 Å². The molecule has 2 atom stereocenters. The van der Waals surface area contributed by atoms with E-state index in [1.807, 2.05) is 0 Å². The fourth-order valence-electron chi connectivity index (χ4n) is 2.65. The number of rotatable bonds is 3. The van der Waals surface area contributed by atoms with Crippen molar-refractivity contribution in [3.63, 3.8) is 0 Å². The fourth-order valence-corrected chi connectivity index (χ4v) is 3.11. The normalized spacial score (nSPS) is 20.3. The molecule has 1 aliphatic rings. The molecule has 2 aromatic rings. The molecule has 3 rings (SSSR count). The van der Waals surface area contributed by atoms with Crippen LogP contribution in [0.4, 0.5) is 4.39 Å². The van der Waals surface area contributed by atoms with Gasteiger partial charge in [-0.1, -0.05) is 6.92 Å². The molecule has 2 heterocycles. The molecule has 1 aliphatic heterocycles. The predicted molar refractivity (Wildman–Crippen MR) is 96.4 cm³/mol. The second-order valence-electron chi connectivity index (χ2n) is 5.80. The maximum Gasteiger partial charge on any atom is 0.273 e. The fraction of sp³-hybridized carbons (Fsp3) is 0.375. The average Bonchev–Trinajstić information content (AvgIpc) is 2.92. The number of piperidine rings is 1. The number of amides is 1. The molecule has 1 amide bonds. The molecule has 24 heavy (non-hydrogen) atoms. The summed E-state index contributed by atoms with van der Waals surface area (Å²) in [5.41, 5.74) is 1.02. The van der Waals surface area contributed by atoms with Crippen LogP contribution in [0.3, 0.4) is 0 Å². The van der Waals surface area contributed by atoms with Gasteiger partial charge in [-0.3, -0.25) is 4.79 Å². The van der Waals surface area contributed by atoms with E-state index in [2.05, 4.69) is 38.6 Å². The Kier molecular flexibility index (Phi) is 6.37. The van der Waals surface area contributed by atoms with Crippen LogP contribution in [0.2, 0.25) is 0 Å². The SMILES string of the molecule is CC1CCNCC1NC(=O)c1nn(-c2ccc(F)cc2)cc1Br.Cl. The first-order valence-corrected chi connectivity index (χ1v) is 8.36. The zero-order chi connectivity index (χ0) is 16.4. The Morgan fingerprint density at radius 3 is 2.79 bits per heavy atom. The van der Waals surface area contributed by atoms with Crippen molar-refractivity contribution in [2.75, 3.05) is 13.1 Å². The van der Waals surface area contributed by atoms with E-state index >= 15 is 0 Å². The van der Waals surface area contributed by atoms with Gasteiger partial charge in [-0.25, -0.2) is 9.07 Å². The van der Waals surface area contributed by atoms with Crippen LogP contribution in [0.15, 0.2) is 34.9 Å². The number of hydrogen-bond donors (Lipinski definition) is 2. The molecule has 0 radical (unpaired) electrons. The molecular formula is C16H19BrClFN4O. The molecule has 2 unspecified atom stereocenters. The molecule has 0 bridgehead atoms. The van der Waals surface area contributed by atoms with Gasteiger partial charge in [-0.15, -0.1) is 12.4 Å². The number of nitrogens with one attached hydrogen (secondary N) is 2. The highest BCUT2D eigenvalue weighted by molar-refractivity contribution is 9.10. The van der Waals surface area contributed by atoms with E-state index in [4.69, 9.17) is 0 Å². The van der Waals surface area contributed by atoms with Gasteiger partial charge in [0.15, 0.2) is 5.69 Å². The summed E-state index contributed by atoms with van der Waals surface area (Å²) < 4.78 is 15.2. The second kappa shape index (κ2) is 8.09. The number of carbonyl (C=O) groups excluding carboxylic acids is 1. The number of hydrogen-bond acceptors (Lipinski definition) is 3. The maximum absolute atomic E-state index is 13.0. The Bertz CT molecular complexity index is 707. The van der Waals surface area contributed by atoms with Crippen molar-refractivity contribution >= 4 is 34.2 Å². The first-order valence-electron chi connectivity index (χ1n) is 7.57. The minimum atomic E-state index is -0.309. The Morgan fingerprint density at radius 2 is 2.12 bits per heavy atom. The summed E-state index contributed by atoms with van der Waals surface area (Å²) in [6, 6.07) is 6.05. The summed E-state index contributed by atoms with van der Waals surface area (Å²) in [5, 5.41) is 10.6. The van der Waals surface area contributed by atoms with Crippen molar-refractivity contribution in [3.8, 4) is 5.69 Å². The van der Waals surface area contributed by atoms with Crippen molar-refractivity contribution in [2.24, 2.45) is 5.92 Å². The topological polar surface area (TPSA) is 58.9 Å². The van der Waals surface area contributed by atoms with Crippen molar-refractivity contribution in [3.05, 3.63) is 46.4 Å². The zero-order valence-electron chi connectivity index (χ0n) is 13.1. The van der Waals surface area contributed by atoms with E-state index in [9.17, 15) is 9.18 Å². The van der Waals surface area contributed by atoms with Gasteiger partial charge in [0.05, 0.1) is 10.2 Å². The standard InChI is InChI=1S/C16H18BrFN4O.ClH/c1-10-6-7-19-8-14(10)20-16(23)15-13(17)9-22(21-15)12-4-2-11(18)3-5-12;/h2-5,9-10,14,19H,6-8H2,1H3,(H,20,23);1H. The molecule has 0 spiro atoms. The van der Waals surface area contributed by atoms with E-state index in [-0.39, 0.29) is 30.2 Å². The van der Waals surface area contributed by atoms with Crippen molar-refractivity contribution in [1.82, 2.24) is 20.4 Å². The van der Waals surface area contributed by atoms with Gasteiger partial charge in [-0.05, 0) is 59.1 Å². The van der Waals surface area contributed by atoms with Crippen LogP contribution in [-0.4, -0.2) is 34.8 Å². The highest BCUT2D eigenvalue weighted by atomic mass is 79.9. The molecule has 1 fully saturated rings. The minimum Gasteiger partial charge on any atom is -0.346 e. The van der Waals surface area contributed by atoms with Crippen LogP contribution < -0.4 is 10.6 Å². The van der Waals surface area contributed by atoms with Crippen LogP contribution >= 0.6 is 28.3 Å². The summed E-state index contributed by atoms with van der Waals surface area (Å²) in [7, 11) is 0. The highest BCUT2D eigenvalue weighted by Crippen LogP contribution is 2.19. The van der Waals surface area contributed by atoms with Crippen LogP contribution in [0.25, 0.3) is 5.69 Å². The summed E-state index contributed by atoms with van der Waals surface area (Å²) in [5.74, 6) is -0.0897. The Labute approximate surface area is 154 Å². The van der Waals surface area contributed by atoms with Gasteiger partial charge in [0, 0.05) is 18.8 Å². The number of halogens is 3. The number of benzene rings is 1. The lowest BCUT2D eigenvalue weighted by molar-refractivity contribution is 0.0909. The van der Waals surface area contributed by atoms with E-state index in [1.165, 1.54) is 12.1 Å². The number of aromatic nitrogens is 2. The van der Waals surface area contributed by atoms with Crippen molar-refractivity contribution < 1.29 is 9.18 Å². The Balaban J connectivity index is 0.00000208. The third kappa shape index (κ3) is 4.15. The van der Waals surface area contributed by atoms with Crippen LogP contribution in [-0.2, 0) is 0 Å². The third-order valence-corrected chi connectivity index (χ3v) is 4.70.